The Morgan fingerprint density at radius 3 is 2.06 bits per heavy atom. The van der Waals surface area contributed by atoms with Gasteiger partial charge < -0.3 is 5.32 Å². The highest BCUT2D eigenvalue weighted by Gasteiger charge is 2.44. The topological polar surface area (TPSA) is 15.3 Å². The van der Waals surface area contributed by atoms with E-state index in [4.69, 9.17) is 0 Å². The molecule has 1 N–H and O–H groups in total. The van der Waals surface area contributed by atoms with Crippen molar-refractivity contribution in [3.8, 4) is 0 Å². The first kappa shape index (κ1) is 13.4. The zero-order chi connectivity index (χ0) is 12.6. The number of nitrogens with one attached hydrogen (secondary N) is 1. The molecule has 0 amide bonds. The summed E-state index contributed by atoms with van der Waals surface area (Å²) in [4.78, 5) is 2.79. The third-order valence-electron chi connectivity index (χ3n) is 4.32. The second-order valence-corrected chi connectivity index (χ2v) is 7.43. The molecule has 0 aromatic rings. The molecule has 0 radical (unpaired) electrons. The van der Waals surface area contributed by atoms with Gasteiger partial charge >= 0.3 is 0 Å². The summed E-state index contributed by atoms with van der Waals surface area (Å²) in [6, 6.07) is 2.44. The average molecular weight is 238 g/mol. The third-order valence-corrected chi connectivity index (χ3v) is 4.32. The smallest absolute Gasteiger partial charge is 0.0130 e. The van der Waals surface area contributed by atoms with Gasteiger partial charge in [-0.15, -0.1) is 0 Å². The van der Waals surface area contributed by atoms with Gasteiger partial charge in [-0.3, -0.25) is 4.90 Å². The van der Waals surface area contributed by atoms with Crippen LogP contribution in [0.2, 0.25) is 0 Å². The van der Waals surface area contributed by atoms with Crippen molar-refractivity contribution >= 4 is 0 Å². The van der Waals surface area contributed by atoms with Crippen LogP contribution in [0, 0.1) is 5.92 Å². The second kappa shape index (κ2) is 4.89. The highest BCUT2D eigenvalue weighted by molar-refractivity contribution is 5.01. The van der Waals surface area contributed by atoms with E-state index in [9.17, 15) is 0 Å². The van der Waals surface area contributed by atoms with Crippen LogP contribution < -0.4 is 5.32 Å². The molecule has 0 spiro atoms. The van der Waals surface area contributed by atoms with Crippen LogP contribution in [0.15, 0.2) is 0 Å². The first-order valence-corrected chi connectivity index (χ1v) is 7.39. The fourth-order valence-electron chi connectivity index (χ4n) is 3.84. The zero-order valence-electron chi connectivity index (χ0n) is 12.3. The van der Waals surface area contributed by atoms with Crippen molar-refractivity contribution in [2.24, 2.45) is 5.92 Å². The first-order valence-electron chi connectivity index (χ1n) is 7.39. The third kappa shape index (κ3) is 3.03. The van der Waals surface area contributed by atoms with Gasteiger partial charge in [-0.05, 0) is 58.9 Å². The van der Waals surface area contributed by atoms with E-state index in [1.54, 1.807) is 0 Å². The zero-order valence-corrected chi connectivity index (χ0v) is 12.3. The molecule has 2 aliphatic rings. The summed E-state index contributed by atoms with van der Waals surface area (Å²) in [7, 11) is 0. The summed E-state index contributed by atoms with van der Waals surface area (Å²) in [6.07, 6.45) is 5.56. The number of hydrogen-bond donors (Lipinski definition) is 1. The summed E-state index contributed by atoms with van der Waals surface area (Å²) >= 11 is 0. The van der Waals surface area contributed by atoms with E-state index < -0.39 is 0 Å². The van der Waals surface area contributed by atoms with Crippen LogP contribution in [0.5, 0.6) is 0 Å². The fourth-order valence-corrected chi connectivity index (χ4v) is 3.84. The van der Waals surface area contributed by atoms with Gasteiger partial charge in [-0.1, -0.05) is 13.8 Å². The lowest BCUT2D eigenvalue weighted by molar-refractivity contribution is 0.0308. The van der Waals surface area contributed by atoms with Gasteiger partial charge in [-0.25, -0.2) is 0 Å². The summed E-state index contributed by atoms with van der Waals surface area (Å²) < 4.78 is 0. The molecule has 0 aliphatic carbocycles. The molecule has 2 fully saturated rings. The van der Waals surface area contributed by atoms with Gasteiger partial charge in [0, 0.05) is 23.7 Å². The van der Waals surface area contributed by atoms with Crippen molar-refractivity contribution < 1.29 is 0 Å². The number of fused-ring (bicyclic) bond motifs is 2. The Hall–Kier alpha value is -0.0800. The quantitative estimate of drug-likeness (QED) is 0.813. The largest absolute Gasteiger partial charge is 0.314 e. The highest BCUT2D eigenvalue weighted by Crippen LogP contribution is 2.40. The fraction of sp³-hybridized carbons (Fsp3) is 1.00. The van der Waals surface area contributed by atoms with Crippen molar-refractivity contribution in [1.29, 1.82) is 0 Å². The Balaban J connectivity index is 1.93. The molecule has 2 nitrogen and oxygen atoms in total. The Morgan fingerprint density at radius 1 is 1.12 bits per heavy atom. The van der Waals surface area contributed by atoms with Gasteiger partial charge in [0.05, 0.1) is 0 Å². The lowest BCUT2D eigenvalue weighted by atomic mass is 9.91. The molecule has 0 aromatic carbocycles. The molecular weight excluding hydrogens is 208 g/mol. The number of hydrogen-bond acceptors (Lipinski definition) is 2. The predicted octanol–water partition coefficient (Wildman–Crippen LogP) is 3.03. The molecular formula is C15H30N2. The van der Waals surface area contributed by atoms with Gasteiger partial charge in [0.1, 0.15) is 0 Å². The minimum atomic E-state index is 0.356. The van der Waals surface area contributed by atoms with Crippen LogP contribution >= 0.6 is 0 Å². The minimum absolute atomic E-state index is 0.356. The monoisotopic (exact) mass is 238 g/mol. The summed E-state index contributed by atoms with van der Waals surface area (Å²) in [5.74, 6) is 0.772. The maximum Gasteiger partial charge on any atom is 0.0130 e. The first-order chi connectivity index (χ1) is 7.88. The van der Waals surface area contributed by atoms with Crippen LogP contribution in [0.25, 0.3) is 0 Å². The van der Waals surface area contributed by atoms with Gasteiger partial charge in [0.25, 0.3) is 0 Å². The SMILES string of the molecule is CC(C)CNC1CC2CCC(C1)N2C(C)(C)C. The van der Waals surface area contributed by atoms with Crippen molar-refractivity contribution in [1.82, 2.24) is 10.2 Å². The van der Waals surface area contributed by atoms with E-state index >= 15 is 0 Å². The normalized spacial score (nSPS) is 34.6. The van der Waals surface area contributed by atoms with E-state index in [2.05, 4.69) is 44.8 Å². The summed E-state index contributed by atoms with van der Waals surface area (Å²) in [6.45, 7) is 12.9. The molecule has 2 heterocycles. The molecule has 17 heavy (non-hydrogen) atoms. The number of piperidine rings is 1. The standard InChI is InChI=1S/C15H30N2/c1-11(2)10-16-12-8-13-6-7-14(9-12)17(13)15(3,4)5/h11-14,16H,6-10H2,1-5H3. The molecule has 2 saturated heterocycles. The molecule has 0 aromatic heterocycles. The molecule has 2 unspecified atom stereocenters. The minimum Gasteiger partial charge on any atom is -0.314 e. The van der Waals surface area contributed by atoms with Crippen LogP contribution in [0.3, 0.4) is 0 Å². The average Bonchev–Trinajstić information content (AvgIpc) is 2.48. The molecule has 2 rings (SSSR count). The van der Waals surface area contributed by atoms with E-state index in [0.717, 1.165) is 24.0 Å². The molecule has 2 heteroatoms. The molecule has 2 atom stereocenters. The maximum atomic E-state index is 3.77. The van der Waals surface area contributed by atoms with Gasteiger partial charge in [-0.2, -0.15) is 0 Å². The molecule has 2 bridgehead atoms. The predicted molar refractivity (Wildman–Crippen MR) is 74.3 cm³/mol. The van der Waals surface area contributed by atoms with E-state index in [-0.39, 0.29) is 0 Å². The van der Waals surface area contributed by atoms with Crippen molar-refractivity contribution in [2.75, 3.05) is 6.54 Å². The second-order valence-electron chi connectivity index (χ2n) is 7.43. The Bertz CT molecular complexity index is 240. The van der Waals surface area contributed by atoms with Crippen LogP contribution in [-0.2, 0) is 0 Å². The van der Waals surface area contributed by atoms with E-state index in [1.165, 1.54) is 32.2 Å². The van der Waals surface area contributed by atoms with Crippen LogP contribution in [0.1, 0.15) is 60.3 Å². The van der Waals surface area contributed by atoms with Crippen molar-refractivity contribution in [3.05, 3.63) is 0 Å². The van der Waals surface area contributed by atoms with Crippen molar-refractivity contribution in [2.45, 2.75) is 84.0 Å². The molecule has 2 aliphatic heterocycles. The van der Waals surface area contributed by atoms with Crippen LogP contribution in [-0.4, -0.2) is 35.1 Å². The van der Waals surface area contributed by atoms with Gasteiger partial charge in [0.15, 0.2) is 0 Å². The van der Waals surface area contributed by atoms with Crippen molar-refractivity contribution in [3.63, 3.8) is 0 Å². The Labute approximate surface area is 107 Å². The lowest BCUT2D eigenvalue weighted by Crippen LogP contribution is -2.56. The highest BCUT2D eigenvalue weighted by atomic mass is 15.3. The summed E-state index contributed by atoms with van der Waals surface area (Å²) in [5.41, 5.74) is 0.356. The molecule has 100 valence electrons. The van der Waals surface area contributed by atoms with Crippen LogP contribution in [0.4, 0.5) is 0 Å². The lowest BCUT2D eigenvalue weighted by Gasteiger charge is -2.47. The van der Waals surface area contributed by atoms with E-state index in [1.807, 2.05) is 0 Å². The van der Waals surface area contributed by atoms with Gasteiger partial charge in [0.2, 0.25) is 0 Å². The summed E-state index contributed by atoms with van der Waals surface area (Å²) in [5, 5.41) is 3.77. The molecule has 0 saturated carbocycles. The Morgan fingerprint density at radius 2 is 1.65 bits per heavy atom. The Kier molecular flexibility index (Phi) is 3.84. The maximum absolute atomic E-state index is 3.77. The number of rotatable bonds is 3. The van der Waals surface area contributed by atoms with E-state index in [0.29, 0.717) is 5.54 Å². The number of nitrogens with zero attached hydrogens (tertiary/aromatic N) is 1.